The lowest BCUT2D eigenvalue weighted by Gasteiger charge is -2.04. The third kappa shape index (κ3) is 5.46. The van der Waals surface area contributed by atoms with Gasteiger partial charge in [-0.15, -0.1) is 0 Å². The SMILES string of the molecule is O=C(/C=C/c1ccnc(C(F)(F)F)n1)/C=C/c1nccc(C(F)(F)F)n1. The third-order valence-corrected chi connectivity index (χ3v) is 2.71. The summed E-state index contributed by atoms with van der Waals surface area (Å²) in [6.07, 6.45) is -3.89. The molecule has 0 aliphatic rings. The molecule has 0 spiro atoms. The fourth-order valence-corrected chi connectivity index (χ4v) is 1.59. The highest BCUT2D eigenvalue weighted by Crippen LogP contribution is 2.27. The van der Waals surface area contributed by atoms with E-state index in [-0.39, 0.29) is 11.5 Å². The lowest BCUT2D eigenvalue weighted by Crippen LogP contribution is -2.11. The Morgan fingerprint density at radius 3 is 2.15 bits per heavy atom. The summed E-state index contributed by atoms with van der Waals surface area (Å²) in [4.78, 5) is 24.7. The van der Waals surface area contributed by atoms with E-state index >= 15 is 0 Å². The summed E-state index contributed by atoms with van der Waals surface area (Å²) in [6, 6.07) is 1.82. The van der Waals surface area contributed by atoms with Gasteiger partial charge in [0, 0.05) is 12.4 Å². The molecule has 0 bridgehead atoms. The summed E-state index contributed by atoms with van der Waals surface area (Å²) in [5.41, 5.74) is -1.33. The summed E-state index contributed by atoms with van der Waals surface area (Å²) < 4.78 is 74.9. The highest BCUT2D eigenvalue weighted by molar-refractivity contribution is 6.04. The molecule has 0 unspecified atom stereocenters. The molecule has 0 atom stereocenters. The van der Waals surface area contributed by atoms with Crippen molar-refractivity contribution >= 4 is 17.9 Å². The van der Waals surface area contributed by atoms with Crippen molar-refractivity contribution in [3.63, 3.8) is 0 Å². The van der Waals surface area contributed by atoms with E-state index in [9.17, 15) is 31.1 Å². The standard InChI is InChI=1S/C15H8F6N4O/c16-14(17,18)11-6-8-22-12(25-11)4-3-10(26)2-1-9-5-7-23-13(24-9)15(19,20)21/h1-8H/b2-1+,4-3+. The summed E-state index contributed by atoms with van der Waals surface area (Å²) in [5, 5.41) is 0. The Bertz CT molecular complexity index is 788. The zero-order chi connectivity index (χ0) is 19.4. The van der Waals surface area contributed by atoms with Crippen LogP contribution in [0.3, 0.4) is 0 Å². The largest absolute Gasteiger partial charge is 0.451 e. The average molecular weight is 374 g/mol. The zero-order valence-corrected chi connectivity index (χ0v) is 12.6. The number of carbonyl (C=O) groups excluding carboxylic acids is 1. The van der Waals surface area contributed by atoms with E-state index in [1.165, 1.54) is 0 Å². The molecular formula is C15H8F6N4O. The minimum Gasteiger partial charge on any atom is -0.290 e. The van der Waals surface area contributed by atoms with Crippen LogP contribution in [0.25, 0.3) is 12.2 Å². The fraction of sp³-hybridized carbons (Fsp3) is 0.133. The number of allylic oxidation sites excluding steroid dienone is 2. The molecule has 26 heavy (non-hydrogen) atoms. The molecule has 0 radical (unpaired) electrons. The minimum absolute atomic E-state index is 0.163. The lowest BCUT2D eigenvalue weighted by atomic mass is 10.2. The van der Waals surface area contributed by atoms with Crippen molar-refractivity contribution in [3.8, 4) is 0 Å². The Balaban J connectivity index is 2.09. The van der Waals surface area contributed by atoms with Gasteiger partial charge < -0.3 is 0 Å². The molecule has 0 aliphatic carbocycles. The van der Waals surface area contributed by atoms with Crippen LogP contribution >= 0.6 is 0 Å². The second kappa shape index (κ2) is 7.42. The van der Waals surface area contributed by atoms with E-state index in [1.807, 2.05) is 0 Å². The normalized spacial score (nSPS) is 12.8. The van der Waals surface area contributed by atoms with Gasteiger partial charge in [0.2, 0.25) is 5.82 Å². The van der Waals surface area contributed by atoms with E-state index in [0.29, 0.717) is 6.07 Å². The first-order valence-corrected chi connectivity index (χ1v) is 6.76. The van der Waals surface area contributed by atoms with Crippen LogP contribution in [0.2, 0.25) is 0 Å². The van der Waals surface area contributed by atoms with Crippen LogP contribution in [0.4, 0.5) is 26.3 Å². The summed E-state index contributed by atoms with van der Waals surface area (Å²) >= 11 is 0. The fourth-order valence-electron chi connectivity index (χ4n) is 1.59. The predicted octanol–water partition coefficient (Wildman–Crippen LogP) is 3.60. The minimum atomic E-state index is -4.73. The molecule has 2 heterocycles. The molecule has 0 aliphatic heterocycles. The Morgan fingerprint density at radius 1 is 0.846 bits per heavy atom. The Labute approximate surface area is 142 Å². The Kier molecular flexibility index (Phi) is 5.48. The number of rotatable bonds is 4. The summed E-state index contributed by atoms with van der Waals surface area (Å²) in [7, 11) is 0. The highest BCUT2D eigenvalue weighted by Gasteiger charge is 2.34. The van der Waals surface area contributed by atoms with Crippen LogP contribution < -0.4 is 0 Å². The van der Waals surface area contributed by atoms with Gasteiger partial charge in [-0.1, -0.05) is 0 Å². The van der Waals surface area contributed by atoms with Crippen LogP contribution in [0.5, 0.6) is 0 Å². The van der Waals surface area contributed by atoms with Crippen LogP contribution in [-0.4, -0.2) is 25.7 Å². The van der Waals surface area contributed by atoms with Gasteiger partial charge in [0.1, 0.15) is 5.69 Å². The van der Waals surface area contributed by atoms with Crippen molar-refractivity contribution in [1.82, 2.24) is 19.9 Å². The van der Waals surface area contributed by atoms with Crippen molar-refractivity contribution in [3.05, 3.63) is 59.7 Å². The third-order valence-electron chi connectivity index (χ3n) is 2.71. The first-order valence-electron chi connectivity index (χ1n) is 6.76. The number of ketones is 1. The molecule has 0 aromatic carbocycles. The maximum absolute atomic E-state index is 12.5. The Hall–Kier alpha value is -3.11. The number of hydrogen-bond donors (Lipinski definition) is 0. The van der Waals surface area contributed by atoms with Gasteiger partial charge in [0.05, 0.1) is 5.69 Å². The van der Waals surface area contributed by atoms with Gasteiger partial charge in [-0.3, -0.25) is 4.79 Å². The summed E-state index contributed by atoms with van der Waals surface area (Å²) in [5.74, 6) is -2.42. The van der Waals surface area contributed by atoms with Gasteiger partial charge in [0.15, 0.2) is 11.6 Å². The number of hydrogen-bond acceptors (Lipinski definition) is 5. The monoisotopic (exact) mass is 374 g/mol. The van der Waals surface area contributed by atoms with Crippen LogP contribution in [0.15, 0.2) is 36.7 Å². The van der Waals surface area contributed by atoms with E-state index in [1.54, 1.807) is 0 Å². The molecule has 136 valence electrons. The molecule has 0 N–H and O–H groups in total. The summed E-state index contributed by atoms with van der Waals surface area (Å²) in [6.45, 7) is 0. The Morgan fingerprint density at radius 2 is 1.50 bits per heavy atom. The van der Waals surface area contributed by atoms with Crippen molar-refractivity contribution in [1.29, 1.82) is 0 Å². The molecule has 0 fully saturated rings. The molecule has 2 rings (SSSR count). The number of alkyl halides is 6. The van der Waals surface area contributed by atoms with Crippen LogP contribution in [-0.2, 0) is 17.1 Å². The van der Waals surface area contributed by atoms with Gasteiger partial charge in [0.25, 0.3) is 0 Å². The smallest absolute Gasteiger partial charge is 0.290 e. The topological polar surface area (TPSA) is 68.6 Å². The van der Waals surface area contributed by atoms with Gasteiger partial charge >= 0.3 is 12.4 Å². The average Bonchev–Trinajstić information content (AvgIpc) is 2.57. The molecular weight excluding hydrogens is 366 g/mol. The number of carbonyl (C=O) groups is 1. The molecule has 0 saturated carbocycles. The van der Waals surface area contributed by atoms with Crippen molar-refractivity contribution < 1.29 is 31.1 Å². The second-order valence-corrected chi connectivity index (χ2v) is 4.67. The molecule has 5 nitrogen and oxygen atoms in total. The predicted molar refractivity (Wildman–Crippen MR) is 77.1 cm³/mol. The van der Waals surface area contributed by atoms with Crippen LogP contribution in [0.1, 0.15) is 23.0 Å². The van der Waals surface area contributed by atoms with E-state index < -0.39 is 29.7 Å². The molecule has 0 amide bonds. The number of halogens is 6. The number of aromatic nitrogens is 4. The van der Waals surface area contributed by atoms with E-state index in [2.05, 4.69) is 19.9 Å². The number of nitrogens with zero attached hydrogens (tertiary/aromatic N) is 4. The van der Waals surface area contributed by atoms with Crippen LogP contribution in [0, 0.1) is 0 Å². The van der Waals surface area contributed by atoms with Crippen molar-refractivity contribution in [2.45, 2.75) is 12.4 Å². The maximum atomic E-state index is 12.5. The lowest BCUT2D eigenvalue weighted by molar-refractivity contribution is -0.145. The molecule has 2 aromatic heterocycles. The van der Waals surface area contributed by atoms with E-state index in [4.69, 9.17) is 0 Å². The van der Waals surface area contributed by atoms with Crippen molar-refractivity contribution in [2.75, 3.05) is 0 Å². The first kappa shape index (κ1) is 19.2. The van der Waals surface area contributed by atoms with Crippen molar-refractivity contribution in [2.24, 2.45) is 0 Å². The zero-order valence-electron chi connectivity index (χ0n) is 12.6. The van der Waals surface area contributed by atoms with E-state index in [0.717, 1.165) is 42.8 Å². The molecule has 0 saturated heterocycles. The van der Waals surface area contributed by atoms with Gasteiger partial charge in [-0.2, -0.15) is 26.3 Å². The maximum Gasteiger partial charge on any atom is 0.451 e. The quantitative estimate of drug-likeness (QED) is 0.604. The molecule has 11 heteroatoms. The highest BCUT2D eigenvalue weighted by atomic mass is 19.4. The first-order chi connectivity index (χ1) is 12.1. The molecule has 2 aromatic rings. The second-order valence-electron chi connectivity index (χ2n) is 4.67. The van der Waals surface area contributed by atoms with Gasteiger partial charge in [-0.05, 0) is 36.4 Å². The van der Waals surface area contributed by atoms with Gasteiger partial charge in [-0.25, -0.2) is 19.9 Å².